The number of carbonyl (C=O) groups excluding carboxylic acids is 1. The molecule has 6 heteroatoms. The van der Waals surface area contributed by atoms with Crippen LogP contribution in [0.5, 0.6) is 5.75 Å². The van der Waals surface area contributed by atoms with Crippen LogP contribution in [0.3, 0.4) is 0 Å². The SMILES string of the molecule is CCCc1cc(Cl)cc(Cl)c1C1c2cc(Cl)ccc2OC1C(C)C(=O)OC. The number of rotatable bonds is 5. The van der Waals surface area contributed by atoms with Gasteiger partial charge in [-0.3, -0.25) is 4.79 Å². The summed E-state index contributed by atoms with van der Waals surface area (Å²) in [5, 5.41) is 1.76. The van der Waals surface area contributed by atoms with Gasteiger partial charge in [-0.2, -0.15) is 0 Å². The second-order valence-electron chi connectivity index (χ2n) is 6.76. The summed E-state index contributed by atoms with van der Waals surface area (Å²) in [5.41, 5.74) is 2.91. The van der Waals surface area contributed by atoms with Gasteiger partial charge in [0.15, 0.2) is 0 Å². The summed E-state index contributed by atoms with van der Waals surface area (Å²) in [5.74, 6) is -0.337. The smallest absolute Gasteiger partial charge is 0.312 e. The van der Waals surface area contributed by atoms with Crippen LogP contribution in [0.25, 0.3) is 0 Å². The molecule has 0 aliphatic carbocycles. The van der Waals surface area contributed by atoms with E-state index in [2.05, 4.69) is 6.92 Å². The third kappa shape index (κ3) is 3.91. The van der Waals surface area contributed by atoms with Gasteiger partial charge in [-0.25, -0.2) is 0 Å². The van der Waals surface area contributed by atoms with Gasteiger partial charge in [-0.15, -0.1) is 0 Å². The van der Waals surface area contributed by atoms with Gasteiger partial charge < -0.3 is 9.47 Å². The van der Waals surface area contributed by atoms with E-state index in [1.54, 1.807) is 19.1 Å². The highest BCUT2D eigenvalue weighted by atomic mass is 35.5. The van der Waals surface area contributed by atoms with Crippen LogP contribution in [-0.4, -0.2) is 19.2 Å². The number of esters is 1. The van der Waals surface area contributed by atoms with Crippen molar-refractivity contribution in [3.8, 4) is 5.75 Å². The van der Waals surface area contributed by atoms with Crippen LogP contribution in [0.15, 0.2) is 30.3 Å². The van der Waals surface area contributed by atoms with Crippen molar-refractivity contribution >= 4 is 40.8 Å². The Kier molecular flexibility index (Phi) is 6.25. The summed E-state index contributed by atoms with van der Waals surface area (Å²) in [6.07, 6.45) is 1.32. The third-order valence-electron chi connectivity index (χ3n) is 4.97. The van der Waals surface area contributed by atoms with Crippen molar-refractivity contribution in [1.82, 2.24) is 0 Å². The first-order chi connectivity index (χ1) is 12.9. The molecule has 27 heavy (non-hydrogen) atoms. The molecule has 0 N–H and O–H groups in total. The number of benzene rings is 2. The Bertz CT molecular complexity index is 866. The number of fused-ring (bicyclic) bond motifs is 1. The molecule has 0 spiro atoms. The minimum Gasteiger partial charge on any atom is -0.488 e. The summed E-state index contributed by atoms with van der Waals surface area (Å²) in [7, 11) is 1.38. The first-order valence-corrected chi connectivity index (χ1v) is 10.0. The molecule has 3 unspecified atom stereocenters. The van der Waals surface area contributed by atoms with Gasteiger partial charge in [-0.05, 0) is 54.8 Å². The molecule has 1 aliphatic heterocycles. The van der Waals surface area contributed by atoms with Crippen LogP contribution in [-0.2, 0) is 16.0 Å². The van der Waals surface area contributed by atoms with Crippen molar-refractivity contribution in [3.63, 3.8) is 0 Å². The van der Waals surface area contributed by atoms with Crippen molar-refractivity contribution in [2.75, 3.05) is 7.11 Å². The van der Waals surface area contributed by atoms with Crippen molar-refractivity contribution < 1.29 is 14.3 Å². The molecule has 0 aromatic heterocycles. The molecule has 2 aromatic rings. The lowest BCUT2D eigenvalue weighted by atomic mass is 9.80. The molecule has 0 saturated carbocycles. The molecule has 1 aliphatic rings. The average molecular weight is 428 g/mol. The summed E-state index contributed by atoms with van der Waals surface area (Å²) in [6.45, 7) is 3.91. The first-order valence-electron chi connectivity index (χ1n) is 8.89. The van der Waals surface area contributed by atoms with Crippen LogP contribution in [0.4, 0.5) is 0 Å². The maximum Gasteiger partial charge on any atom is 0.312 e. The zero-order valence-corrected chi connectivity index (χ0v) is 17.7. The Morgan fingerprint density at radius 1 is 1.19 bits per heavy atom. The normalized spacial score (nSPS) is 19.3. The lowest BCUT2D eigenvalue weighted by molar-refractivity contribution is -0.147. The van der Waals surface area contributed by atoms with E-state index in [4.69, 9.17) is 44.3 Å². The Morgan fingerprint density at radius 2 is 1.93 bits per heavy atom. The van der Waals surface area contributed by atoms with Crippen molar-refractivity contribution in [1.29, 1.82) is 0 Å². The van der Waals surface area contributed by atoms with E-state index in [0.717, 1.165) is 29.5 Å². The summed E-state index contributed by atoms with van der Waals surface area (Å²) in [4.78, 5) is 12.3. The molecule has 3 rings (SSSR count). The van der Waals surface area contributed by atoms with Crippen LogP contribution in [0.1, 0.15) is 42.9 Å². The summed E-state index contributed by atoms with van der Waals surface area (Å²) < 4.78 is 11.1. The van der Waals surface area contributed by atoms with Gasteiger partial charge >= 0.3 is 5.97 Å². The van der Waals surface area contributed by atoms with E-state index < -0.39 is 12.0 Å². The Hall–Kier alpha value is -1.42. The van der Waals surface area contributed by atoms with Crippen LogP contribution < -0.4 is 4.74 Å². The van der Waals surface area contributed by atoms with Crippen molar-refractivity contribution in [2.45, 2.75) is 38.7 Å². The zero-order valence-electron chi connectivity index (χ0n) is 15.4. The topological polar surface area (TPSA) is 35.5 Å². The zero-order chi connectivity index (χ0) is 19.7. The van der Waals surface area contributed by atoms with Gasteiger partial charge in [0.05, 0.1) is 18.9 Å². The monoisotopic (exact) mass is 426 g/mol. The molecule has 0 saturated heterocycles. The molecule has 3 nitrogen and oxygen atoms in total. The number of halogens is 3. The number of hydrogen-bond donors (Lipinski definition) is 0. The number of carbonyl (C=O) groups is 1. The Morgan fingerprint density at radius 3 is 2.59 bits per heavy atom. The highest BCUT2D eigenvalue weighted by molar-refractivity contribution is 6.35. The highest BCUT2D eigenvalue weighted by Crippen LogP contribution is 2.49. The Balaban J connectivity index is 2.20. The van der Waals surface area contributed by atoms with Gasteiger partial charge in [0.25, 0.3) is 0 Å². The molecule has 2 aromatic carbocycles. The number of hydrogen-bond acceptors (Lipinski definition) is 3. The van der Waals surface area contributed by atoms with Gasteiger partial charge in [-0.1, -0.05) is 48.1 Å². The fraction of sp³-hybridized carbons (Fsp3) is 0.381. The van der Waals surface area contributed by atoms with E-state index in [1.165, 1.54) is 7.11 Å². The molecule has 144 valence electrons. The fourth-order valence-corrected chi connectivity index (χ4v) is 4.59. The minimum absolute atomic E-state index is 0.237. The van der Waals surface area contributed by atoms with Gasteiger partial charge in [0.2, 0.25) is 0 Å². The standard InChI is InChI=1S/C21H21Cl3O3/c1-4-5-12-8-14(23)10-16(24)18(12)19-15-9-13(22)6-7-17(15)27-20(19)11(2)21(25)26-3/h6-11,19-20H,4-5H2,1-3H3. The van der Waals surface area contributed by atoms with E-state index in [-0.39, 0.29) is 11.9 Å². The van der Waals surface area contributed by atoms with Crippen LogP contribution >= 0.6 is 34.8 Å². The largest absolute Gasteiger partial charge is 0.488 e. The van der Waals surface area contributed by atoms with E-state index >= 15 is 0 Å². The van der Waals surface area contributed by atoms with Gasteiger partial charge in [0.1, 0.15) is 11.9 Å². The molecule has 1 heterocycles. The van der Waals surface area contributed by atoms with Crippen molar-refractivity contribution in [3.05, 3.63) is 62.1 Å². The lowest BCUT2D eigenvalue weighted by Crippen LogP contribution is -2.34. The Labute approximate surface area is 174 Å². The molecular weight excluding hydrogens is 407 g/mol. The lowest BCUT2D eigenvalue weighted by Gasteiger charge is -2.26. The summed E-state index contributed by atoms with van der Waals surface area (Å²) >= 11 is 19.2. The summed E-state index contributed by atoms with van der Waals surface area (Å²) in [6, 6.07) is 9.16. The van der Waals surface area contributed by atoms with Gasteiger partial charge in [0, 0.05) is 20.6 Å². The second-order valence-corrected chi connectivity index (χ2v) is 8.04. The number of aryl methyl sites for hydroxylation is 1. The third-order valence-corrected chi connectivity index (χ3v) is 5.74. The predicted molar refractivity (Wildman–Crippen MR) is 109 cm³/mol. The van der Waals surface area contributed by atoms with E-state index in [0.29, 0.717) is 20.8 Å². The predicted octanol–water partition coefficient (Wildman–Crippen LogP) is 6.30. The average Bonchev–Trinajstić information content (AvgIpc) is 2.98. The molecule has 3 atom stereocenters. The number of ether oxygens (including phenoxy) is 2. The highest BCUT2D eigenvalue weighted by Gasteiger charge is 2.43. The molecular formula is C21H21Cl3O3. The van der Waals surface area contributed by atoms with Crippen LogP contribution in [0, 0.1) is 5.92 Å². The second kappa shape index (κ2) is 8.30. The quantitative estimate of drug-likeness (QED) is 0.525. The van der Waals surface area contributed by atoms with E-state index in [9.17, 15) is 4.79 Å². The fourth-order valence-electron chi connectivity index (χ4n) is 3.75. The van der Waals surface area contributed by atoms with E-state index in [1.807, 2.05) is 18.2 Å². The minimum atomic E-state index is -0.479. The maximum absolute atomic E-state index is 12.3. The van der Waals surface area contributed by atoms with Crippen molar-refractivity contribution in [2.24, 2.45) is 5.92 Å². The molecule has 0 bridgehead atoms. The molecule has 0 fully saturated rings. The molecule has 0 amide bonds. The van der Waals surface area contributed by atoms with Crippen LogP contribution in [0.2, 0.25) is 15.1 Å². The first kappa shape index (κ1) is 20.3. The maximum atomic E-state index is 12.3. The molecule has 0 radical (unpaired) electrons. The number of methoxy groups -OCH3 is 1.